The first kappa shape index (κ1) is 15.6. The second kappa shape index (κ2) is 6.79. The van der Waals surface area contributed by atoms with E-state index >= 15 is 0 Å². The van der Waals surface area contributed by atoms with Gasteiger partial charge in [-0.3, -0.25) is 0 Å². The molecule has 0 aliphatic carbocycles. The number of hydrogen-bond acceptors (Lipinski definition) is 6. The van der Waals surface area contributed by atoms with Crippen LogP contribution in [0.25, 0.3) is 0 Å². The number of aryl methyl sites for hydroxylation is 1. The Labute approximate surface area is 123 Å². The Hall–Kier alpha value is -1.77. The van der Waals surface area contributed by atoms with Gasteiger partial charge in [0.15, 0.2) is 5.82 Å². The molecular formula is C13H18N4O3S. The Morgan fingerprint density at radius 3 is 2.52 bits per heavy atom. The zero-order valence-electron chi connectivity index (χ0n) is 11.7. The fraction of sp³-hybridized carbons (Fsp3) is 0.385. The molecule has 0 unspecified atom stereocenters. The minimum absolute atomic E-state index is 0.203. The standard InChI is InChI=1S/C13H18N4O3S/c1-10-16-13(20-17-10)7-9-15-21(18,19)12-4-2-11(3-5-12)6-8-14/h2-5,15H,6-9,14H2,1H3. The number of benzene rings is 1. The predicted octanol–water partition coefficient (Wildman–Crippen LogP) is 0.400. The molecule has 2 aromatic rings. The SMILES string of the molecule is Cc1noc(CCNS(=O)(=O)c2ccc(CCN)cc2)n1. The first-order chi connectivity index (χ1) is 10.0. The van der Waals surface area contributed by atoms with Gasteiger partial charge >= 0.3 is 0 Å². The third-order valence-corrected chi connectivity index (χ3v) is 4.34. The number of aromatic nitrogens is 2. The highest BCUT2D eigenvalue weighted by atomic mass is 32.2. The summed E-state index contributed by atoms with van der Waals surface area (Å²) < 4.78 is 31.6. The van der Waals surface area contributed by atoms with Gasteiger partial charge in [-0.25, -0.2) is 13.1 Å². The zero-order valence-corrected chi connectivity index (χ0v) is 12.6. The third kappa shape index (κ3) is 4.35. The molecule has 0 spiro atoms. The van der Waals surface area contributed by atoms with Gasteiger partial charge in [0.2, 0.25) is 15.9 Å². The molecule has 0 saturated heterocycles. The highest BCUT2D eigenvalue weighted by molar-refractivity contribution is 7.89. The number of nitrogens with zero attached hydrogens (tertiary/aromatic N) is 2. The predicted molar refractivity (Wildman–Crippen MR) is 77.1 cm³/mol. The van der Waals surface area contributed by atoms with Gasteiger partial charge in [0, 0.05) is 13.0 Å². The molecule has 1 aromatic heterocycles. The summed E-state index contributed by atoms with van der Waals surface area (Å²) >= 11 is 0. The summed E-state index contributed by atoms with van der Waals surface area (Å²) in [5, 5.41) is 3.64. The Morgan fingerprint density at radius 2 is 1.95 bits per heavy atom. The van der Waals surface area contributed by atoms with Gasteiger partial charge in [-0.15, -0.1) is 0 Å². The van der Waals surface area contributed by atoms with Gasteiger partial charge in [0.1, 0.15) is 0 Å². The van der Waals surface area contributed by atoms with Gasteiger partial charge in [-0.1, -0.05) is 17.3 Å². The fourth-order valence-corrected chi connectivity index (χ4v) is 2.85. The van der Waals surface area contributed by atoms with Crippen molar-refractivity contribution in [2.75, 3.05) is 13.1 Å². The normalized spacial score (nSPS) is 11.7. The van der Waals surface area contributed by atoms with Gasteiger partial charge in [-0.2, -0.15) is 4.98 Å². The fourth-order valence-electron chi connectivity index (χ4n) is 1.82. The van der Waals surface area contributed by atoms with Crippen molar-refractivity contribution in [2.45, 2.75) is 24.7 Å². The van der Waals surface area contributed by atoms with E-state index in [4.69, 9.17) is 10.3 Å². The number of nitrogens with two attached hydrogens (primary N) is 1. The van der Waals surface area contributed by atoms with E-state index in [1.54, 1.807) is 31.2 Å². The van der Waals surface area contributed by atoms with Crippen LogP contribution in [0.4, 0.5) is 0 Å². The number of rotatable bonds is 7. The summed E-state index contributed by atoms with van der Waals surface area (Å²) in [6.45, 7) is 2.45. The number of sulfonamides is 1. The van der Waals surface area contributed by atoms with E-state index in [1.165, 1.54) is 0 Å². The van der Waals surface area contributed by atoms with Gasteiger partial charge in [0.25, 0.3) is 0 Å². The molecule has 0 aliphatic heterocycles. The molecule has 0 saturated carbocycles. The van der Waals surface area contributed by atoms with E-state index in [-0.39, 0.29) is 11.4 Å². The van der Waals surface area contributed by atoms with E-state index in [0.717, 1.165) is 12.0 Å². The van der Waals surface area contributed by atoms with Crippen molar-refractivity contribution in [1.82, 2.24) is 14.9 Å². The number of hydrogen-bond donors (Lipinski definition) is 2. The van der Waals surface area contributed by atoms with Crippen LogP contribution in [0.2, 0.25) is 0 Å². The van der Waals surface area contributed by atoms with Gasteiger partial charge < -0.3 is 10.3 Å². The van der Waals surface area contributed by atoms with Crippen LogP contribution in [0.3, 0.4) is 0 Å². The van der Waals surface area contributed by atoms with Crippen molar-refractivity contribution < 1.29 is 12.9 Å². The average Bonchev–Trinajstić information content (AvgIpc) is 2.85. The maximum Gasteiger partial charge on any atom is 0.240 e. The van der Waals surface area contributed by atoms with E-state index < -0.39 is 10.0 Å². The lowest BCUT2D eigenvalue weighted by molar-refractivity contribution is 0.375. The molecule has 8 heteroatoms. The van der Waals surface area contributed by atoms with Gasteiger partial charge in [-0.05, 0) is 37.6 Å². The summed E-state index contributed by atoms with van der Waals surface area (Å²) in [5.41, 5.74) is 6.47. The molecule has 1 aromatic carbocycles. The maximum atomic E-state index is 12.1. The van der Waals surface area contributed by atoms with E-state index in [1.807, 2.05) is 0 Å². The molecular weight excluding hydrogens is 292 g/mol. The van der Waals surface area contributed by atoms with Crippen molar-refractivity contribution in [1.29, 1.82) is 0 Å². The van der Waals surface area contributed by atoms with Crippen LogP contribution >= 0.6 is 0 Å². The topological polar surface area (TPSA) is 111 Å². The van der Waals surface area contributed by atoms with E-state index in [0.29, 0.717) is 24.7 Å². The van der Waals surface area contributed by atoms with Crippen LogP contribution in [0.15, 0.2) is 33.7 Å². The van der Waals surface area contributed by atoms with Crippen molar-refractivity contribution in [3.63, 3.8) is 0 Å². The quantitative estimate of drug-likeness (QED) is 0.765. The zero-order chi connectivity index (χ0) is 15.3. The Kier molecular flexibility index (Phi) is 5.05. The lowest BCUT2D eigenvalue weighted by Gasteiger charge is -2.06. The average molecular weight is 310 g/mol. The second-order valence-corrected chi connectivity index (χ2v) is 6.33. The Balaban J connectivity index is 1.94. The largest absolute Gasteiger partial charge is 0.339 e. The molecule has 0 fully saturated rings. The van der Waals surface area contributed by atoms with Crippen LogP contribution in [0.5, 0.6) is 0 Å². The van der Waals surface area contributed by atoms with Gasteiger partial charge in [0.05, 0.1) is 4.90 Å². The molecule has 1 heterocycles. The molecule has 0 radical (unpaired) electrons. The van der Waals surface area contributed by atoms with Crippen LogP contribution < -0.4 is 10.5 Å². The third-order valence-electron chi connectivity index (χ3n) is 2.87. The maximum absolute atomic E-state index is 12.1. The van der Waals surface area contributed by atoms with E-state index in [9.17, 15) is 8.42 Å². The summed E-state index contributed by atoms with van der Waals surface area (Å²) in [7, 11) is -3.53. The summed E-state index contributed by atoms with van der Waals surface area (Å²) in [4.78, 5) is 4.24. The summed E-state index contributed by atoms with van der Waals surface area (Å²) in [5.74, 6) is 0.942. The molecule has 0 atom stereocenters. The van der Waals surface area contributed by atoms with Crippen LogP contribution in [-0.2, 0) is 22.9 Å². The summed E-state index contributed by atoms with van der Waals surface area (Å²) in [6.07, 6.45) is 1.08. The van der Waals surface area contributed by atoms with Crippen molar-refractivity contribution in [2.24, 2.45) is 5.73 Å². The van der Waals surface area contributed by atoms with Crippen LogP contribution in [-0.4, -0.2) is 31.6 Å². The first-order valence-electron chi connectivity index (χ1n) is 6.59. The molecule has 0 bridgehead atoms. The van der Waals surface area contributed by atoms with Crippen LogP contribution in [0.1, 0.15) is 17.3 Å². The monoisotopic (exact) mass is 310 g/mol. The minimum Gasteiger partial charge on any atom is -0.339 e. The van der Waals surface area contributed by atoms with Crippen molar-refractivity contribution in [3.05, 3.63) is 41.5 Å². The summed E-state index contributed by atoms with van der Waals surface area (Å²) in [6, 6.07) is 6.68. The van der Waals surface area contributed by atoms with Crippen molar-refractivity contribution >= 4 is 10.0 Å². The Morgan fingerprint density at radius 1 is 1.24 bits per heavy atom. The molecule has 7 nitrogen and oxygen atoms in total. The second-order valence-electron chi connectivity index (χ2n) is 4.57. The van der Waals surface area contributed by atoms with Crippen LogP contribution in [0, 0.1) is 6.92 Å². The van der Waals surface area contributed by atoms with Crippen molar-refractivity contribution in [3.8, 4) is 0 Å². The molecule has 3 N–H and O–H groups in total. The minimum atomic E-state index is -3.53. The first-order valence-corrected chi connectivity index (χ1v) is 8.07. The smallest absolute Gasteiger partial charge is 0.240 e. The van der Waals surface area contributed by atoms with E-state index in [2.05, 4.69) is 14.9 Å². The molecule has 0 amide bonds. The highest BCUT2D eigenvalue weighted by Gasteiger charge is 2.14. The highest BCUT2D eigenvalue weighted by Crippen LogP contribution is 2.10. The molecule has 114 valence electrons. The lowest BCUT2D eigenvalue weighted by Crippen LogP contribution is -2.26. The molecule has 0 aliphatic rings. The Bertz CT molecular complexity index is 680. The lowest BCUT2D eigenvalue weighted by atomic mass is 10.2. The molecule has 21 heavy (non-hydrogen) atoms. The molecule has 2 rings (SSSR count). The number of nitrogens with one attached hydrogen (secondary N) is 1.